The molecule has 5 nitrogen and oxygen atoms in total. The number of anilines is 1. The van der Waals surface area contributed by atoms with Crippen molar-refractivity contribution in [3.63, 3.8) is 0 Å². The highest BCUT2D eigenvalue weighted by Crippen LogP contribution is 2.35. The minimum Gasteiger partial charge on any atom is -0.361 e. The summed E-state index contributed by atoms with van der Waals surface area (Å²) in [6.07, 6.45) is 10.0. The zero-order valence-corrected chi connectivity index (χ0v) is 22.3. The lowest BCUT2D eigenvalue weighted by atomic mass is 9.91. The van der Waals surface area contributed by atoms with Crippen LogP contribution in [-0.2, 0) is 16.7 Å². The summed E-state index contributed by atoms with van der Waals surface area (Å²) >= 11 is 6.96. The minimum atomic E-state index is -3.95. The first-order chi connectivity index (χ1) is 17.9. The second-order valence-electron chi connectivity index (χ2n) is 9.07. The fourth-order valence-corrected chi connectivity index (χ4v) is 5.32. The van der Waals surface area contributed by atoms with Crippen molar-refractivity contribution in [1.82, 2.24) is 0 Å². The quantitative estimate of drug-likeness (QED) is 0.171. The second-order valence-corrected chi connectivity index (χ2v) is 11.0. The summed E-state index contributed by atoms with van der Waals surface area (Å²) in [5, 5.41) is 4.14. The second kappa shape index (κ2) is 12.9. The first-order valence-corrected chi connectivity index (χ1v) is 14.5. The number of halogens is 1. The molecule has 0 aliphatic heterocycles. The van der Waals surface area contributed by atoms with Gasteiger partial charge in [0.2, 0.25) is 5.69 Å². The van der Waals surface area contributed by atoms with Crippen LogP contribution in [0.4, 0.5) is 5.69 Å². The maximum atomic E-state index is 11.1. The molecule has 0 fully saturated rings. The number of aryl methyl sites for hydroxylation is 1. The highest BCUT2D eigenvalue weighted by Gasteiger charge is 2.21. The summed E-state index contributed by atoms with van der Waals surface area (Å²) < 4.78 is 33.4. The number of aromatic nitrogens is 1. The van der Waals surface area contributed by atoms with Crippen LogP contribution in [0.2, 0.25) is 0 Å². The smallest absolute Gasteiger partial charge is 0.264 e. The summed E-state index contributed by atoms with van der Waals surface area (Å²) in [5.41, 5.74) is 6.36. The lowest BCUT2D eigenvalue weighted by Crippen LogP contribution is -2.38. The normalized spacial score (nSPS) is 15.7. The number of allylic oxidation sites excluding steroid dienone is 4. The van der Waals surface area contributed by atoms with Crippen LogP contribution in [0.25, 0.3) is 5.57 Å². The van der Waals surface area contributed by atoms with Crippen molar-refractivity contribution >= 4 is 33.0 Å². The molecular formula is C30H32ClN2O3S+. The molecule has 0 spiro atoms. The van der Waals surface area contributed by atoms with E-state index in [1.807, 2.05) is 73.1 Å². The van der Waals surface area contributed by atoms with E-state index in [4.69, 9.17) is 16.2 Å². The van der Waals surface area contributed by atoms with Crippen LogP contribution in [0.1, 0.15) is 43.4 Å². The van der Waals surface area contributed by atoms with Crippen LogP contribution >= 0.6 is 11.6 Å². The molecule has 0 unspecified atom stereocenters. The van der Waals surface area contributed by atoms with Crippen LogP contribution in [0, 0.1) is 0 Å². The molecule has 7 heteroatoms. The zero-order valence-electron chi connectivity index (χ0n) is 20.7. The minimum absolute atomic E-state index is 0.230. The van der Waals surface area contributed by atoms with Crippen molar-refractivity contribution < 1.29 is 17.5 Å². The zero-order chi connectivity index (χ0) is 26.1. The monoisotopic (exact) mass is 535 g/mol. The molecule has 1 heterocycles. The van der Waals surface area contributed by atoms with Crippen molar-refractivity contribution in [1.29, 1.82) is 0 Å². The van der Waals surface area contributed by atoms with Gasteiger partial charge in [0.25, 0.3) is 10.1 Å². The molecule has 1 aliphatic rings. The summed E-state index contributed by atoms with van der Waals surface area (Å²) in [6, 6.07) is 26.3. The van der Waals surface area contributed by atoms with Crippen molar-refractivity contribution in [3.05, 3.63) is 125 Å². The van der Waals surface area contributed by atoms with E-state index < -0.39 is 10.1 Å². The van der Waals surface area contributed by atoms with Gasteiger partial charge in [0, 0.05) is 35.5 Å². The fourth-order valence-electron chi connectivity index (χ4n) is 4.45. The van der Waals surface area contributed by atoms with E-state index in [2.05, 4.69) is 34.2 Å². The summed E-state index contributed by atoms with van der Waals surface area (Å²) in [5.74, 6) is -0.230. The van der Waals surface area contributed by atoms with E-state index in [1.165, 1.54) is 0 Å². The first-order valence-electron chi connectivity index (χ1n) is 12.5. The van der Waals surface area contributed by atoms with Gasteiger partial charge in [-0.25, -0.2) is 0 Å². The van der Waals surface area contributed by atoms with Gasteiger partial charge in [-0.3, -0.25) is 4.55 Å². The Balaban J connectivity index is 1.68. The number of rotatable bonds is 10. The van der Waals surface area contributed by atoms with Gasteiger partial charge in [0.05, 0.1) is 11.3 Å². The van der Waals surface area contributed by atoms with Crippen LogP contribution in [-0.4, -0.2) is 18.7 Å². The number of pyridine rings is 1. The summed E-state index contributed by atoms with van der Waals surface area (Å²) in [7, 11) is -3.95. The Morgan fingerprint density at radius 2 is 1.65 bits per heavy atom. The Kier molecular flexibility index (Phi) is 9.34. The van der Waals surface area contributed by atoms with E-state index in [1.54, 1.807) is 0 Å². The average molecular weight is 536 g/mol. The van der Waals surface area contributed by atoms with E-state index >= 15 is 0 Å². The van der Waals surface area contributed by atoms with Crippen molar-refractivity contribution in [2.45, 2.75) is 38.6 Å². The number of unbranched alkanes of at least 4 members (excludes halogenated alkanes) is 1. The Hall–Kier alpha value is -3.19. The Morgan fingerprint density at radius 1 is 0.946 bits per heavy atom. The predicted octanol–water partition coefficient (Wildman–Crippen LogP) is 6.75. The third-order valence-corrected chi connectivity index (χ3v) is 7.60. The Morgan fingerprint density at radius 3 is 2.38 bits per heavy atom. The van der Waals surface area contributed by atoms with Gasteiger partial charge in [-0.2, -0.15) is 13.0 Å². The molecule has 0 amide bonds. The number of nitrogens with zero attached hydrogens (tertiary/aromatic N) is 1. The third kappa shape index (κ3) is 7.89. The largest absolute Gasteiger partial charge is 0.361 e. The predicted molar refractivity (Wildman–Crippen MR) is 151 cm³/mol. The Bertz CT molecular complexity index is 1400. The van der Waals surface area contributed by atoms with Crippen LogP contribution in [0.3, 0.4) is 0 Å². The van der Waals surface area contributed by atoms with Crippen molar-refractivity contribution in [2.24, 2.45) is 0 Å². The molecule has 1 aliphatic carbocycles. The molecule has 37 heavy (non-hydrogen) atoms. The highest BCUT2D eigenvalue weighted by molar-refractivity contribution is 7.85. The molecule has 0 atom stereocenters. The first kappa shape index (κ1) is 26.9. The maximum absolute atomic E-state index is 11.1. The highest BCUT2D eigenvalue weighted by atomic mass is 35.5. The number of hydrogen-bond acceptors (Lipinski definition) is 3. The fraction of sp³-hybridized carbons (Fsp3) is 0.233. The standard InChI is InChI=1S/C30H31ClN2O3S/c31-30-25(14-11-15-26(30)23-32-27-16-5-2-6-17-27)22-28(24-12-3-1-4-13-24)29-18-7-8-19-33(29)20-9-10-21-37(34,35)36/h1-8,12-13,16-19,22-23H,9-11,14-15,20-21H2,(H,34,35,36)/p+1. The van der Waals surface area contributed by atoms with Crippen molar-refractivity contribution in [2.75, 3.05) is 11.1 Å². The maximum Gasteiger partial charge on any atom is 0.264 e. The number of benzene rings is 2. The Labute approximate surface area is 224 Å². The molecule has 2 aromatic carbocycles. The molecular weight excluding hydrogens is 504 g/mol. The van der Waals surface area contributed by atoms with Crippen LogP contribution in [0.5, 0.6) is 0 Å². The summed E-state index contributed by atoms with van der Waals surface area (Å²) in [6.45, 7) is 0.634. The van der Waals surface area contributed by atoms with E-state index in [0.717, 1.165) is 58.0 Å². The molecule has 1 aromatic heterocycles. The van der Waals surface area contributed by atoms with Gasteiger partial charge in [-0.1, -0.05) is 60.1 Å². The van der Waals surface area contributed by atoms with Gasteiger partial charge >= 0.3 is 0 Å². The molecule has 0 saturated carbocycles. The molecule has 192 valence electrons. The molecule has 0 radical (unpaired) electrons. The SMILES string of the molecule is O=S(=O)(O)CCCC[n+]1ccccc1/C(=C/C1=C(Cl)C(=C/Nc2ccccc2)/CCC1)c1ccccc1. The summed E-state index contributed by atoms with van der Waals surface area (Å²) in [4.78, 5) is 0. The van der Waals surface area contributed by atoms with E-state index in [9.17, 15) is 8.42 Å². The van der Waals surface area contributed by atoms with Gasteiger partial charge < -0.3 is 5.32 Å². The molecule has 0 bridgehead atoms. The van der Waals surface area contributed by atoms with E-state index in [-0.39, 0.29) is 5.75 Å². The molecule has 0 saturated heterocycles. The number of para-hydroxylation sites is 1. The molecule has 2 N–H and O–H groups in total. The van der Waals surface area contributed by atoms with Gasteiger partial charge in [-0.05, 0) is 66.7 Å². The number of nitrogens with one attached hydrogen (secondary N) is 1. The molecule has 3 aromatic rings. The lowest BCUT2D eigenvalue weighted by Gasteiger charge is -2.19. The van der Waals surface area contributed by atoms with Gasteiger partial charge in [-0.15, -0.1) is 0 Å². The van der Waals surface area contributed by atoms with Crippen LogP contribution in [0.15, 0.2) is 114 Å². The lowest BCUT2D eigenvalue weighted by molar-refractivity contribution is -0.699. The van der Waals surface area contributed by atoms with Gasteiger partial charge in [0.15, 0.2) is 6.20 Å². The van der Waals surface area contributed by atoms with E-state index in [0.29, 0.717) is 19.4 Å². The average Bonchev–Trinajstić information content (AvgIpc) is 2.91. The van der Waals surface area contributed by atoms with Crippen molar-refractivity contribution in [3.8, 4) is 0 Å². The number of hydrogen-bond donors (Lipinski definition) is 2. The van der Waals surface area contributed by atoms with Gasteiger partial charge in [0.1, 0.15) is 6.54 Å². The topological polar surface area (TPSA) is 70.3 Å². The van der Waals surface area contributed by atoms with Crippen LogP contribution < -0.4 is 9.88 Å². The third-order valence-electron chi connectivity index (χ3n) is 6.31. The molecule has 4 rings (SSSR count).